The lowest BCUT2D eigenvalue weighted by Gasteiger charge is -2.34. The maximum Gasteiger partial charge on any atom is 0.312 e. The van der Waals surface area contributed by atoms with Crippen molar-refractivity contribution in [2.75, 3.05) is 47.4 Å². The number of esters is 1. The summed E-state index contributed by atoms with van der Waals surface area (Å²) in [6.45, 7) is 8.12. The Bertz CT molecular complexity index is 271. The number of rotatable bonds is 5. The first-order chi connectivity index (χ1) is 8.35. The van der Waals surface area contributed by atoms with Crippen LogP contribution in [0.15, 0.2) is 0 Å². The van der Waals surface area contributed by atoms with Crippen molar-refractivity contribution >= 4 is 5.97 Å². The van der Waals surface area contributed by atoms with Gasteiger partial charge in [-0.3, -0.25) is 4.79 Å². The van der Waals surface area contributed by atoms with Gasteiger partial charge in [0.05, 0.1) is 12.5 Å². The molecule has 18 heavy (non-hydrogen) atoms. The first kappa shape index (κ1) is 15.4. The van der Waals surface area contributed by atoms with E-state index in [0.717, 1.165) is 19.0 Å². The van der Waals surface area contributed by atoms with Crippen LogP contribution in [0, 0.1) is 11.3 Å². The average Bonchev–Trinajstić information content (AvgIpc) is 2.30. The molecule has 4 heteroatoms. The van der Waals surface area contributed by atoms with Crippen LogP contribution in [-0.4, -0.2) is 63.2 Å². The third kappa shape index (κ3) is 4.58. The highest BCUT2D eigenvalue weighted by Crippen LogP contribution is 2.21. The monoisotopic (exact) mass is 256 g/mol. The molecule has 1 aliphatic rings. The number of likely N-dealkylation sites (tertiary alicyclic amines) is 1. The van der Waals surface area contributed by atoms with Crippen molar-refractivity contribution in [3.05, 3.63) is 0 Å². The van der Waals surface area contributed by atoms with E-state index in [4.69, 9.17) is 4.74 Å². The number of methoxy groups -OCH3 is 1. The summed E-state index contributed by atoms with van der Waals surface area (Å²) in [6, 6.07) is 0. The Hall–Kier alpha value is -0.610. The fourth-order valence-electron chi connectivity index (χ4n) is 2.77. The lowest BCUT2D eigenvalue weighted by atomic mass is 9.91. The summed E-state index contributed by atoms with van der Waals surface area (Å²) in [5, 5.41) is 0. The van der Waals surface area contributed by atoms with E-state index in [0.29, 0.717) is 0 Å². The van der Waals surface area contributed by atoms with Crippen molar-refractivity contribution in [3.8, 4) is 0 Å². The highest BCUT2D eigenvalue weighted by atomic mass is 16.5. The summed E-state index contributed by atoms with van der Waals surface area (Å²) in [6.07, 6.45) is 2.53. The van der Waals surface area contributed by atoms with Crippen molar-refractivity contribution < 1.29 is 9.53 Å². The number of ether oxygens (including phenoxy) is 1. The van der Waals surface area contributed by atoms with Crippen LogP contribution in [0.4, 0.5) is 0 Å². The highest BCUT2D eigenvalue weighted by Gasteiger charge is 2.30. The van der Waals surface area contributed by atoms with Crippen molar-refractivity contribution in [2.45, 2.75) is 26.7 Å². The van der Waals surface area contributed by atoms with Gasteiger partial charge in [0, 0.05) is 13.1 Å². The molecule has 0 aromatic heterocycles. The lowest BCUT2D eigenvalue weighted by molar-refractivity contribution is -0.151. The van der Waals surface area contributed by atoms with Gasteiger partial charge < -0.3 is 14.5 Å². The van der Waals surface area contributed by atoms with Gasteiger partial charge in [-0.2, -0.15) is 0 Å². The Morgan fingerprint density at radius 3 is 2.44 bits per heavy atom. The van der Waals surface area contributed by atoms with Crippen LogP contribution in [0.5, 0.6) is 0 Å². The molecule has 1 rings (SSSR count). The zero-order chi connectivity index (χ0) is 13.8. The highest BCUT2D eigenvalue weighted by molar-refractivity contribution is 5.76. The molecule has 1 aliphatic heterocycles. The summed E-state index contributed by atoms with van der Waals surface area (Å²) >= 11 is 0. The van der Waals surface area contributed by atoms with Crippen LogP contribution < -0.4 is 0 Å². The van der Waals surface area contributed by atoms with Crippen molar-refractivity contribution in [1.82, 2.24) is 9.80 Å². The second-order valence-corrected chi connectivity index (χ2v) is 6.32. The molecule has 1 fully saturated rings. The fourth-order valence-corrected chi connectivity index (χ4v) is 2.77. The minimum atomic E-state index is -0.422. The van der Waals surface area contributed by atoms with E-state index >= 15 is 0 Å². The Balaban J connectivity index is 2.37. The molecule has 0 unspecified atom stereocenters. The lowest BCUT2D eigenvalue weighted by Crippen LogP contribution is -2.41. The van der Waals surface area contributed by atoms with Crippen molar-refractivity contribution in [3.63, 3.8) is 0 Å². The number of hydrogen-bond donors (Lipinski definition) is 0. The van der Waals surface area contributed by atoms with E-state index in [2.05, 4.69) is 23.9 Å². The molecule has 0 aromatic carbocycles. The summed E-state index contributed by atoms with van der Waals surface area (Å²) in [5.41, 5.74) is -0.422. The standard InChI is InChI=1S/C14H28N2O2/c1-14(2,13(17)18-5)11-16(4)10-12-6-8-15(3)9-7-12/h12H,6-11H2,1-5H3. The second-order valence-electron chi connectivity index (χ2n) is 6.32. The van der Waals surface area contributed by atoms with E-state index in [1.807, 2.05) is 13.8 Å². The number of piperidine rings is 1. The molecule has 0 N–H and O–H groups in total. The molecule has 0 spiro atoms. The Kier molecular flexibility index (Phi) is 5.60. The molecular formula is C14H28N2O2. The quantitative estimate of drug-likeness (QED) is 0.697. The fraction of sp³-hybridized carbons (Fsp3) is 0.929. The molecule has 0 aliphatic carbocycles. The summed E-state index contributed by atoms with van der Waals surface area (Å²) in [5.74, 6) is 0.636. The maximum atomic E-state index is 11.6. The zero-order valence-corrected chi connectivity index (χ0v) is 12.5. The van der Waals surface area contributed by atoms with Gasteiger partial charge in [-0.1, -0.05) is 0 Å². The van der Waals surface area contributed by atoms with Crippen molar-refractivity contribution in [2.24, 2.45) is 11.3 Å². The third-order valence-corrected chi connectivity index (χ3v) is 3.81. The van der Waals surface area contributed by atoms with Gasteiger partial charge in [-0.25, -0.2) is 0 Å². The maximum absolute atomic E-state index is 11.6. The first-order valence-electron chi connectivity index (χ1n) is 6.80. The summed E-state index contributed by atoms with van der Waals surface area (Å²) in [7, 11) is 5.74. The topological polar surface area (TPSA) is 32.8 Å². The van der Waals surface area contributed by atoms with Crippen LogP contribution in [0.1, 0.15) is 26.7 Å². The number of carbonyl (C=O) groups excluding carboxylic acids is 1. The predicted molar refractivity (Wildman–Crippen MR) is 73.5 cm³/mol. The molecule has 0 amide bonds. The molecule has 0 bridgehead atoms. The minimum Gasteiger partial charge on any atom is -0.469 e. The van der Waals surface area contributed by atoms with E-state index < -0.39 is 5.41 Å². The predicted octanol–water partition coefficient (Wildman–Crippen LogP) is 1.46. The smallest absolute Gasteiger partial charge is 0.312 e. The van der Waals surface area contributed by atoms with Crippen molar-refractivity contribution in [1.29, 1.82) is 0 Å². The van der Waals surface area contributed by atoms with Crippen LogP contribution >= 0.6 is 0 Å². The number of carbonyl (C=O) groups is 1. The molecule has 0 radical (unpaired) electrons. The zero-order valence-electron chi connectivity index (χ0n) is 12.5. The molecule has 1 heterocycles. The van der Waals surface area contributed by atoms with Crippen LogP contribution in [-0.2, 0) is 9.53 Å². The molecule has 106 valence electrons. The number of nitrogens with zero attached hydrogens (tertiary/aromatic N) is 2. The van der Waals surface area contributed by atoms with Gasteiger partial charge in [-0.15, -0.1) is 0 Å². The summed E-state index contributed by atoms with van der Waals surface area (Å²) in [4.78, 5) is 16.3. The van der Waals surface area contributed by atoms with E-state index in [1.165, 1.54) is 33.0 Å². The molecule has 0 aromatic rings. The number of hydrogen-bond acceptors (Lipinski definition) is 4. The van der Waals surface area contributed by atoms with Crippen LogP contribution in [0.3, 0.4) is 0 Å². The molecule has 0 atom stereocenters. The van der Waals surface area contributed by atoms with E-state index in [-0.39, 0.29) is 5.97 Å². The molecule has 0 saturated carbocycles. The Morgan fingerprint density at radius 2 is 1.94 bits per heavy atom. The first-order valence-corrected chi connectivity index (χ1v) is 6.80. The molecule has 1 saturated heterocycles. The van der Waals surface area contributed by atoms with Gasteiger partial charge in [0.15, 0.2) is 0 Å². The van der Waals surface area contributed by atoms with Gasteiger partial charge in [0.2, 0.25) is 0 Å². The van der Waals surface area contributed by atoms with Crippen LogP contribution in [0.2, 0.25) is 0 Å². The summed E-state index contributed by atoms with van der Waals surface area (Å²) < 4.78 is 4.85. The van der Waals surface area contributed by atoms with Crippen LogP contribution in [0.25, 0.3) is 0 Å². The minimum absolute atomic E-state index is 0.127. The molecule has 4 nitrogen and oxygen atoms in total. The van der Waals surface area contributed by atoms with E-state index in [9.17, 15) is 4.79 Å². The largest absolute Gasteiger partial charge is 0.469 e. The third-order valence-electron chi connectivity index (χ3n) is 3.81. The average molecular weight is 256 g/mol. The normalized spacial score (nSPS) is 19.2. The van der Waals surface area contributed by atoms with Gasteiger partial charge in [0.1, 0.15) is 0 Å². The van der Waals surface area contributed by atoms with E-state index in [1.54, 1.807) is 0 Å². The Labute approximate surface area is 111 Å². The van der Waals surface area contributed by atoms with Gasteiger partial charge in [0.25, 0.3) is 0 Å². The second kappa shape index (κ2) is 6.53. The Morgan fingerprint density at radius 1 is 1.39 bits per heavy atom. The molecular weight excluding hydrogens is 228 g/mol. The van der Waals surface area contributed by atoms with Gasteiger partial charge >= 0.3 is 5.97 Å². The SMILES string of the molecule is COC(=O)C(C)(C)CN(C)CC1CCN(C)CC1. The van der Waals surface area contributed by atoms with Gasteiger partial charge in [-0.05, 0) is 59.8 Å².